The van der Waals surface area contributed by atoms with E-state index >= 15 is 0 Å². The molecule has 2 heterocycles. The quantitative estimate of drug-likeness (QED) is 0.880. The van der Waals surface area contributed by atoms with Crippen molar-refractivity contribution in [2.45, 2.75) is 39.3 Å². The van der Waals surface area contributed by atoms with Gasteiger partial charge in [0.25, 0.3) is 5.91 Å². The number of carboxylic acids is 1. The monoisotopic (exact) mass is 280 g/mol. The lowest BCUT2D eigenvalue weighted by atomic mass is 10.1. The molecule has 0 spiro atoms. The van der Waals surface area contributed by atoms with Gasteiger partial charge in [-0.1, -0.05) is 0 Å². The molecule has 1 aliphatic heterocycles. The van der Waals surface area contributed by atoms with E-state index in [4.69, 9.17) is 9.84 Å². The zero-order valence-electron chi connectivity index (χ0n) is 12.2. The summed E-state index contributed by atoms with van der Waals surface area (Å²) in [6.07, 6.45) is 0.806. The Hall–Kier alpha value is -1.82. The first-order chi connectivity index (χ1) is 9.34. The molecule has 20 heavy (non-hydrogen) atoms. The van der Waals surface area contributed by atoms with Gasteiger partial charge in [0.1, 0.15) is 5.69 Å². The number of aryl methyl sites for hydroxylation is 1. The normalized spacial score (nSPS) is 22.0. The number of carboxylic acid groups (broad SMARTS) is 1. The van der Waals surface area contributed by atoms with Crippen molar-refractivity contribution in [3.05, 3.63) is 22.5 Å². The molecule has 0 radical (unpaired) electrons. The fourth-order valence-electron chi connectivity index (χ4n) is 2.84. The number of hydrogen-bond donors (Lipinski definition) is 2. The number of H-pyrrole nitrogens is 1. The second-order valence-corrected chi connectivity index (χ2v) is 5.28. The third-order valence-electron chi connectivity index (χ3n) is 4.02. The zero-order chi connectivity index (χ0) is 15.0. The van der Waals surface area contributed by atoms with Crippen LogP contribution in [-0.2, 0) is 4.74 Å². The maximum Gasteiger partial charge on any atom is 0.352 e. The number of nitrogens with zero attached hydrogens (tertiary/aromatic N) is 1. The van der Waals surface area contributed by atoms with E-state index in [1.807, 2.05) is 6.92 Å². The minimum atomic E-state index is -1.05. The Kier molecular flexibility index (Phi) is 3.85. The molecular weight excluding hydrogens is 260 g/mol. The average molecular weight is 280 g/mol. The molecule has 1 saturated heterocycles. The second kappa shape index (κ2) is 5.28. The van der Waals surface area contributed by atoms with Crippen LogP contribution in [0.3, 0.4) is 0 Å². The fourth-order valence-corrected chi connectivity index (χ4v) is 2.84. The zero-order valence-corrected chi connectivity index (χ0v) is 12.2. The molecule has 2 atom stereocenters. The number of carbonyl (C=O) groups excluding carboxylic acids is 1. The van der Waals surface area contributed by atoms with Crippen LogP contribution in [0.5, 0.6) is 0 Å². The summed E-state index contributed by atoms with van der Waals surface area (Å²) in [6, 6.07) is 0.0319. The largest absolute Gasteiger partial charge is 0.477 e. The molecule has 6 nitrogen and oxygen atoms in total. The Morgan fingerprint density at radius 2 is 2.05 bits per heavy atom. The molecule has 0 aromatic carbocycles. The second-order valence-electron chi connectivity index (χ2n) is 5.28. The first-order valence-corrected chi connectivity index (χ1v) is 6.65. The van der Waals surface area contributed by atoms with Crippen LogP contribution < -0.4 is 0 Å². The first kappa shape index (κ1) is 14.6. The van der Waals surface area contributed by atoms with Crippen LogP contribution >= 0.6 is 0 Å². The summed E-state index contributed by atoms with van der Waals surface area (Å²) in [7, 11) is 1.74. The highest BCUT2D eigenvalue weighted by Crippen LogP contribution is 2.24. The number of aromatic carboxylic acids is 1. The average Bonchev–Trinajstić information content (AvgIpc) is 2.92. The molecule has 2 unspecified atom stereocenters. The van der Waals surface area contributed by atoms with Gasteiger partial charge in [0.2, 0.25) is 0 Å². The molecule has 1 amide bonds. The predicted molar refractivity (Wildman–Crippen MR) is 73.1 cm³/mol. The maximum atomic E-state index is 12.6. The Morgan fingerprint density at radius 3 is 2.50 bits per heavy atom. The molecule has 0 bridgehead atoms. The molecule has 0 aliphatic carbocycles. The molecular formula is C14H20N2O4. The number of carbonyl (C=O) groups is 2. The van der Waals surface area contributed by atoms with Crippen LogP contribution in [0.2, 0.25) is 0 Å². The molecule has 1 fully saturated rings. The van der Waals surface area contributed by atoms with Crippen molar-refractivity contribution in [1.82, 2.24) is 9.88 Å². The van der Waals surface area contributed by atoms with Crippen LogP contribution in [-0.4, -0.2) is 52.7 Å². The number of aromatic amines is 1. The highest BCUT2D eigenvalue weighted by molar-refractivity contribution is 6.00. The van der Waals surface area contributed by atoms with Crippen LogP contribution in [0.15, 0.2) is 0 Å². The van der Waals surface area contributed by atoms with Gasteiger partial charge in [0.05, 0.1) is 17.7 Å². The number of nitrogens with one attached hydrogen (secondary N) is 1. The van der Waals surface area contributed by atoms with E-state index in [-0.39, 0.29) is 23.7 Å². The number of ether oxygens (including phenoxy) is 1. The molecule has 6 heteroatoms. The standard InChI is InChI=1S/C14H20N2O4/c1-7-11(8(2)15-12(7)14(18)19)13(17)16(4)10-5-6-20-9(10)3/h9-10,15H,5-6H2,1-4H3,(H,18,19). The van der Waals surface area contributed by atoms with Gasteiger partial charge in [-0.15, -0.1) is 0 Å². The van der Waals surface area contributed by atoms with Gasteiger partial charge in [-0.3, -0.25) is 4.79 Å². The van der Waals surface area contributed by atoms with Crippen molar-refractivity contribution >= 4 is 11.9 Å². The van der Waals surface area contributed by atoms with Crippen LogP contribution in [0.4, 0.5) is 0 Å². The van der Waals surface area contributed by atoms with Gasteiger partial charge >= 0.3 is 5.97 Å². The Balaban J connectivity index is 2.31. The lowest BCUT2D eigenvalue weighted by Crippen LogP contribution is -2.41. The molecule has 2 rings (SSSR count). The minimum Gasteiger partial charge on any atom is -0.477 e. The van der Waals surface area contributed by atoms with Crippen LogP contribution in [0, 0.1) is 13.8 Å². The van der Waals surface area contributed by atoms with Gasteiger partial charge < -0.3 is 19.7 Å². The Morgan fingerprint density at radius 1 is 1.40 bits per heavy atom. The minimum absolute atomic E-state index is 0.00227. The summed E-state index contributed by atoms with van der Waals surface area (Å²) in [4.78, 5) is 28.2. The lowest BCUT2D eigenvalue weighted by Gasteiger charge is -2.27. The summed E-state index contributed by atoms with van der Waals surface area (Å²) in [6.45, 7) is 5.97. The highest BCUT2D eigenvalue weighted by Gasteiger charge is 2.33. The number of rotatable bonds is 3. The van der Waals surface area contributed by atoms with Crippen LogP contribution in [0.25, 0.3) is 0 Å². The Bertz CT molecular complexity index is 550. The van der Waals surface area contributed by atoms with Crippen molar-refractivity contribution in [2.24, 2.45) is 0 Å². The van der Waals surface area contributed by atoms with Gasteiger partial charge in [-0.2, -0.15) is 0 Å². The number of likely N-dealkylation sites (N-methyl/N-ethyl adjacent to an activating group) is 1. The molecule has 1 aromatic rings. The number of aromatic nitrogens is 1. The van der Waals surface area contributed by atoms with E-state index in [0.29, 0.717) is 23.4 Å². The molecule has 1 aliphatic rings. The van der Waals surface area contributed by atoms with Crippen molar-refractivity contribution in [2.75, 3.05) is 13.7 Å². The van der Waals surface area contributed by atoms with Crippen LogP contribution in [0.1, 0.15) is 45.4 Å². The lowest BCUT2D eigenvalue weighted by molar-refractivity contribution is 0.0573. The summed E-state index contributed by atoms with van der Waals surface area (Å²) < 4.78 is 5.48. The van der Waals surface area contributed by atoms with E-state index < -0.39 is 5.97 Å². The van der Waals surface area contributed by atoms with Crippen molar-refractivity contribution in [3.63, 3.8) is 0 Å². The van der Waals surface area contributed by atoms with Gasteiger partial charge in [0, 0.05) is 19.3 Å². The summed E-state index contributed by atoms with van der Waals surface area (Å²) in [5.74, 6) is -1.21. The highest BCUT2D eigenvalue weighted by atomic mass is 16.5. The van der Waals surface area contributed by atoms with E-state index in [0.717, 1.165) is 6.42 Å². The number of hydrogen-bond acceptors (Lipinski definition) is 3. The SMILES string of the molecule is Cc1[nH]c(C(=O)O)c(C)c1C(=O)N(C)C1CCOC1C. The first-order valence-electron chi connectivity index (χ1n) is 6.65. The van der Waals surface area contributed by atoms with Gasteiger partial charge in [-0.25, -0.2) is 4.79 Å². The van der Waals surface area contributed by atoms with E-state index in [2.05, 4.69) is 4.98 Å². The topological polar surface area (TPSA) is 82.6 Å². The maximum absolute atomic E-state index is 12.6. The summed E-state index contributed by atoms with van der Waals surface area (Å²) in [5.41, 5.74) is 1.60. The van der Waals surface area contributed by atoms with E-state index in [1.54, 1.807) is 25.8 Å². The van der Waals surface area contributed by atoms with Crippen molar-refractivity contribution < 1.29 is 19.4 Å². The van der Waals surface area contributed by atoms with Crippen molar-refractivity contribution in [3.8, 4) is 0 Å². The third-order valence-corrected chi connectivity index (χ3v) is 4.02. The van der Waals surface area contributed by atoms with E-state index in [1.165, 1.54) is 0 Å². The number of amides is 1. The van der Waals surface area contributed by atoms with Crippen molar-refractivity contribution in [1.29, 1.82) is 0 Å². The summed E-state index contributed by atoms with van der Waals surface area (Å²) in [5, 5.41) is 9.10. The molecule has 0 saturated carbocycles. The molecule has 110 valence electrons. The smallest absolute Gasteiger partial charge is 0.352 e. The molecule has 1 aromatic heterocycles. The van der Waals surface area contributed by atoms with Gasteiger partial charge in [-0.05, 0) is 32.8 Å². The molecule has 2 N–H and O–H groups in total. The predicted octanol–water partition coefficient (Wildman–Crippen LogP) is 1.58. The van der Waals surface area contributed by atoms with E-state index in [9.17, 15) is 9.59 Å². The van der Waals surface area contributed by atoms with Gasteiger partial charge in [0.15, 0.2) is 0 Å². The third kappa shape index (κ3) is 2.31. The Labute approximate surface area is 117 Å². The summed E-state index contributed by atoms with van der Waals surface area (Å²) >= 11 is 0. The fraction of sp³-hybridized carbons (Fsp3) is 0.571.